The highest BCUT2D eigenvalue weighted by atomic mass is 16.5. The molecule has 0 amide bonds. The third-order valence-electron chi connectivity index (χ3n) is 1.53. The lowest BCUT2D eigenvalue weighted by Crippen LogP contribution is -2.17. The van der Waals surface area contributed by atoms with Gasteiger partial charge in [-0.3, -0.25) is 9.97 Å². The summed E-state index contributed by atoms with van der Waals surface area (Å²) < 4.78 is 4.90. The van der Waals surface area contributed by atoms with E-state index in [9.17, 15) is 0 Å². The zero-order valence-corrected chi connectivity index (χ0v) is 7.32. The van der Waals surface area contributed by atoms with E-state index in [2.05, 4.69) is 9.97 Å². The second kappa shape index (κ2) is 4.13. The maximum Gasteiger partial charge on any atom is 0.0777 e. The zero-order chi connectivity index (χ0) is 8.97. The van der Waals surface area contributed by atoms with Gasteiger partial charge in [0.25, 0.3) is 0 Å². The first kappa shape index (κ1) is 9.09. The fourth-order valence-electron chi connectivity index (χ4n) is 0.859. The number of nitrogens with zero attached hydrogens (tertiary/aromatic N) is 2. The lowest BCUT2D eigenvalue weighted by atomic mass is 10.2. The number of hydrogen-bond donors (Lipinski definition) is 1. The lowest BCUT2D eigenvalue weighted by Gasteiger charge is -2.08. The molecule has 1 aromatic rings. The number of ether oxygens (including phenoxy) is 1. The molecule has 12 heavy (non-hydrogen) atoms. The molecule has 0 radical (unpaired) electrons. The Hall–Kier alpha value is -1.00. The van der Waals surface area contributed by atoms with Crippen LogP contribution in [-0.2, 0) is 4.74 Å². The van der Waals surface area contributed by atoms with Crippen LogP contribution in [-0.4, -0.2) is 23.7 Å². The van der Waals surface area contributed by atoms with Gasteiger partial charge in [0.2, 0.25) is 0 Å². The molecule has 1 aromatic heterocycles. The van der Waals surface area contributed by atoms with Gasteiger partial charge in [-0.05, 0) is 6.92 Å². The van der Waals surface area contributed by atoms with Crippen LogP contribution in [0.3, 0.4) is 0 Å². The van der Waals surface area contributed by atoms with Gasteiger partial charge in [0.05, 0.1) is 30.2 Å². The summed E-state index contributed by atoms with van der Waals surface area (Å²) in [6.45, 7) is 2.36. The Morgan fingerprint density at radius 2 is 2.25 bits per heavy atom. The molecule has 1 rings (SSSR count). The minimum atomic E-state index is -0.178. The van der Waals surface area contributed by atoms with E-state index in [1.165, 1.54) is 0 Å². The molecule has 4 nitrogen and oxygen atoms in total. The first-order chi connectivity index (χ1) is 5.74. The highest BCUT2D eigenvalue weighted by Gasteiger charge is 2.06. The summed E-state index contributed by atoms with van der Waals surface area (Å²) in [5, 5.41) is 0. The van der Waals surface area contributed by atoms with E-state index in [-0.39, 0.29) is 6.04 Å². The fraction of sp³-hybridized carbons (Fsp3) is 0.500. The average Bonchev–Trinajstić information content (AvgIpc) is 2.06. The summed E-state index contributed by atoms with van der Waals surface area (Å²) in [5.74, 6) is 0. The monoisotopic (exact) mass is 167 g/mol. The number of rotatable bonds is 3. The Kier molecular flexibility index (Phi) is 3.13. The Morgan fingerprint density at radius 1 is 1.50 bits per heavy atom. The smallest absolute Gasteiger partial charge is 0.0777 e. The molecule has 0 fully saturated rings. The SMILES string of the molecule is COCC(N)c1cnc(C)cn1. The first-order valence-electron chi connectivity index (χ1n) is 3.77. The Labute approximate surface area is 71.8 Å². The van der Waals surface area contributed by atoms with Gasteiger partial charge >= 0.3 is 0 Å². The molecular weight excluding hydrogens is 154 g/mol. The summed E-state index contributed by atoms with van der Waals surface area (Å²) in [6, 6.07) is -0.178. The third-order valence-corrected chi connectivity index (χ3v) is 1.53. The molecule has 2 N–H and O–H groups in total. The van der Waals surface area contributed by atoms with E-state index >= 15 is 0 Å². The molecule has 1 unspecified atom stereocenters. The van der Waals surface area contributed by atoms with Crippen molar-refractivity contribution < 1.29 is 4.74 Å². The van der Waals surface area contributed by atoms with E-state index in [0.717, 1.165) is 11.4 Å². The van der Waals surface area contributed by atoms with Gasteiger partial charge in [-0.2, -0.15) is 0 Å². The van der Waals surface area contributed by atoms with Crippen LogP contribution in [0.15, 0.2) is 12.4 Å². The molecule has 1 heterocycles. The molecule has 1 atom stereocenters. The molecule has 0 aliphatic carbocycles. The van der Waals surface area contributed by atoms with E-state index in [1.807, 2.05) is 6.92 Å². The zero-order valence-electron chi connectivity index (χ0n) is 7.32. The van der Waals surface area contributed by atoms with Crippen molar-refractivity contribution in [2.24, 2.45) is 5.73 Å². The minimum Gasteiger partial charge on any atom is -0.383 e. The van der Waals surface area contributed by atoms with Crippen LogP contribution in [0.25, 0.3) is 0 Å². The van der Waals surface area contributed by atoms with Gasteiger partial charge in [0.1, 0.15) is 0 Å². The summed E-state index contributed by atoms with van der Waals surface area (Å²) in [6.07, 6.45) is 3.38. The van der Waals surface area contributed by atoms with Crippen molar-refractivity contribution in [1.29, 1.82) is 0 Å². The summed E-state index contributed by atoms with van der Waals surface area (Å²) in [4.78, 5) is 8.21. The predicted molar refractivity (Wildman–Crippen MR) is 45.6 cm³/mol. The highest BCUT2D eigenvalue weighted by Crippen LogP contribution is 2.04. The maximum absolute atomic E-state index is 5.73. The van der Waals surface area contributed by atoms with Crippen molar-refractivity contribution in [3.63, 3.8) is 0 Å². The van der Waals surface area contributed by atoms with Crippen LogP contribution in [0.4, 0.5) is 0 Å². The molecular formula is C8H13N3O. The molecule has 4 heteroatoms. The van der Waals surface area contributed by atoms with Gasteiger partial charge < -0.3 is 10.5 Å². The predicted octanol–water partition coefficient (Wildman–Crippen LogP) is 0.431. The number of nitrogens with two attached hydrogens (primary N) is 1. The average molecular weight is 167 g/mol. The largest absolute Gasteiger partial charge is 0.383 e. The van der Waals surface area contributed by atoms with Crippen LogP contribution >= 0.6 is 0 Å². The van der Waals surface area contributed by atoms with Gasteiger partial charge in [0, 0.05) is 13.3 Å². The topological polar surface area (TPSA) is 61.0 Å². The number of aromatic nitrogens is 2. The highest BCUT2D eigenvalue weighted by molar-refractivity contribution is 5.04. The third kappa shape index (κ3) is 2.25. The van der Waals surface area contributed by atoms with Crippen molar-refractivity contribution in [3.8, 4) is 0 Å². The lowest BCUT2D eigenvalue weighted by molar-refractivity contribution is 0.179. The van der Waals surface area contributed by atoms with E-state index < -0.39 is 0 Å². The maximum atomic E-state index is 5.73. The van der Waals surface area contributed by atoms with E-state index in [0.29, 0.717) is 6.61 Å². The molecule has 0 saturated carbocycles. The molecule has 0 aliphatic rings. The molecule has 66 valence electrons. The van der Waals surface area contributed by atoms with Gasteiger partial charge in [-0.15, -0.1) is 0 Å². The summed E-state index contributed by atoms with van der Waals surface area (Å²) >= 11 is 0. The standard InChI is InChI=1S/C8H13N3O/c1-6-3-11-8(4-10-6)7(9)5-12-2/h3-4,7H,5,9H2,1-2H3. The Balaban J connectivity index is 2.68. The number of aryl methyl sites for hydroxylation is 1. The summed E-state index contributed by atoms with van der Waals surface area (Å²) in [7, 11) is 1.61. The fourth-order valence-corrected chi connectivity index (χ4v) is 0.859. The molecule has 0 saturated heterocycles. The molecule has 0 spiro atoms. The van der Waals surface area contributed by atoms with Gasteiger partial charge in [0.15, 0.2) is 0 Å². The van der Waals surface area contributed by atoms with Crippen molar-refractivity contribution in [1.82, 2.24) is 9.97 Å². The van der Waals surface area contributed by atoms with E-state index in [4.69, 9.17) is 10.5 Å². The number of hydrogen-bond acceptors (Lipinski definition) is 4. The van der Waals surface area contributed by atoms with Crippen LogP contribution < -0.4 is 5.73 Å². The van der Waals surface area contributed by atoms with Crippen molar-refractivity contribution in [3.05, 3.63) is 23.8 Å². The molecule has 0 aliphatic heterocycles. The van der Waals surface area contributed by atoms with Gasteiger partial charge in [-0.1, -0.05) is 0 Å². The summed E-state index contributed by atoms with van der Waals surface area (Å²) in [5.41, 5.74) is 7.39. The molecule has 0 bridgehead atoms. The number of methoxy groups -OCH3 is 1. The van der Waals surface area contributed by atoms with Crippen LogP contribution in [0.1, 0.15) is 17.4 Å². The first-order valence-corrected chi connectivity index (χ1v) is 3.77. The van der Waals surface area contributed by atoms with Gasteiger partial charge in [-0.25, -0.2) is 0 Å². The second-order valence-electron chi connectivity index (χ2n) is 2.64. The van der Waals surface area contributed by atoms with Crippen LogP contribution in [0, 0.1) is 6.92 Å². The van der Waals surface area contributed by atoms with Crippen molar-refractivity contribution >= 4 is 0 Å². The molecule has 0 aromatic carbocycles. The van der Waals surface area contributed by atoms with Crippen molar-refractivity contribution in [2.45, 2.75) is 13.0 Å². The van der Waals surface area contributed by atoms with E-state index in [1.54, 1.807) is 19.5 Å². The minimum absolute atomic E-state index is 0.178. The normalized spacial score (nSPS) is 12.9. The Bertz CT molecular complexity index is 235. The second-order valence-corrected chi connectivity index (χ2v) is 2.64. The Morgan fingerprint density at radius 3 is 2.75 bits per heavy atom. The quantitative estimate of drug-likeness (QED) is 0.709. The van der Waals surface area contributed by atoms with Crippen LogP contribution in [0.5, 0.6) is 0 Å². The van der Waals surface area contributed by atoms with Crippen molar-refractivity contribution in [2.75, 3.05) is 13.7 Å². The van der Waals surface area contributed by atoms with Crippen LogP contribution in [0.2, 0.25) is 0 Å².